The molecule has 0 spiro atoms. The van der Waals surface area contributed by atoms with Crippen LogP contribution in [0, 0.1) is 0 Å². The van der Waals surface area contributed by atoms with Gasteiger partial charge < -0.3 is 5.32 Å². The molecule has 3 rings (SSSR count). The van der Waals surface area contributed by atoms with Crippen molar-refractivity contribution in [3.05, 3.63) is 26.5 Å². The zero-order valence-electron chi connectivity index (χ0n) is 10.9. The first-order valence-corrected chi connectivity index (χ1v) is 9.16. The molecule has 5 heteroatoms. The molecule has 2 aromatic rings. The number of aromatic nitrogens is 1. The van der Waals surface area contributed by atoms with E-state index in [1.54, 1.807) is 11.3 Å². The number of thiazole rings is 1. The van der Waals surface area contributed by atoms with Gasteiger partial charge in [-0.05, 0) is 53.9 Å². The maximum Gasteiger partial charge on any atom is 0.133 e. The van der Waals surface area contributed by atoms with Crippen LogP contribution in [0.4, 0.5) is 0 Å². The SMILES string of the molecule is CCCNCc1sc(-c2ccc(Br)s2)nc1C1CC1. The van der Waals surface area contributed by atoms with Crippen molar-refractivity contribution < 1.29 is 0 Å². The lowest BCUT2D eigenvalue weighted by atomic mass is 10.2. The van der Waals surface area contributed by atoms with Gasteiger partial charge in [0, 0.05) is 17.3 Å². The van der Waals surface area contributed by atoms with Gasteiger partial charge in [0.2, 0.25) is 0 Å². The fourth-order valence-corrected chi connectivity index (χ4v) is 4.64. The maximum atomic E-state index is 4.90. The molecule has 0 atom stereocenters. The van der Waals surface area contributed by atoms with Gasteiger partial charge in [0.05, 0.1) is 14.4 Å². The number of nitrogens with zero attached hydrogens (tertiary/aromatic N) is 1. The van der Waals surface area contributed by atoms with Crippen LogP contribution in [-0.2, 0) is 6.54 Å². The zero-order valence-corrected chi connectivity index (χ0v) is 14.1. The Morgan fingerprint density at radius 2 is 2.21 bits per heavy atom. The second-order valence-electron chi connectivity index (χ2n) is 4.88. The fourth-order valence-electron chi connectivity index (χ4n) is 2.08. The van der Waals surface area contributed by atoms with Crippen LogP contribution in [-0.4, -0.2) is 11.5 Å². The molecule has 0 amide bonds. The summed E-state index contributed by atoms with van der Waals surface area (Å²) in [6.07, 6.45) is 3.82. The van der Waals surface area contributed by atoms with Crippen LogP contribution in [0.15, 0.2) is 15.9 Å². The maximum absolute atomic E-state index is 4.90. The monoisotopic (exact) mass is 356 g/mol. The average molecular weight is 357 g/mol. The van der Waals surface area contributed by atoms with E-state index < -0.39 is 0 Å². The van der Waals surface area contributed by atoms with Gasteiger partial charge in [0.15, 0.2) is 0 Å². The van der Waals surface area contributed by atoms with E-state index in [2.05, 4.69) is 40.3 Å². The predicted molar refractivity (Wildman–Crippen MR) is 87.1 cm³/mol. The Balaban J connectivity index is 1.83. The second kappa shape index (κ2) is 6.04. The fraction of sp³-hybridized carbons (Fsp3) is 0.500. The molecule has 19 heavy (non-hydrogen) atoms. The zero-order chi connectivity index (χ0) is 13.2. The highest BCUT2D eigenvalue weighted by atomic mass is 79.9. The van der Waals surface area contributed by atoms with Crippen molar-refractivity contribution in [2.24, 2.45) is 0 Å². The lowest BCUT2D eigenvalue weighted by Crippen LogP contribution is -2.13. The third kappa shape index (κ3) is 3.27. The highest BCUT2D eigenvalue weighted by Gasteiger charge is 2.29. The number of hydrogen-bond donors (Lipinski definition) is 1. The van der Waals surface area contributed by atoms with E-state index in [9.17, 15) is 0 Å². The van der Waals surface area contributed by atoms with Crippen molar-refractivity contribution in [1.82, 2.24) is 10.3 Å². The van der Waals surface area contributed by atoms with Crippen molar-refractivity contribution in [2.45, 2.75) is 38.6 Å². The molecule has 1 saturated carbocycles. The number of rotatable bonds is 6. The van der Waals surface area contributed by atoms with Crippen molar-refractivity contribution in [3.63, 3.8) is 0 Å². The van der Waals surface area contributed by atoms with E-state index in [1.807, 2.05) is 11.3 Å². The standard InChI is InChI=1S/C14H17BrN2S2/c1-2-7-16-8-11-13(9-3-4-9)17-14(19-11)10-5-6-12(15)18-10/h5-6,9,16H,2-4,7-8H2,1H3. The summed E-state index contributed by atoms with van der Waals surface area (Å²) in [7, 11) is 0. The summed E-state index contributed by atoms with van der Waals surface area (Å²) in [6.45, 7) is 4.27. The van der Waals surface area contributed by atoms with Crippen molar-refractivity contribution in [1.29, 1.82) is 0 Å². The van der Waals surface area contributed by atoms with Gasteiger partial charge in [0.25, 0.3) is 0 Å². The smallest absolute Gasteiger partial charge is 0.133 e. The summed E-state index contributed by atoms with van der Waals surface area (Å²) < 4.78 is 1.18. The first kappa shape index (κ1) is 13.7. The first-order valence-electron chi connectivity index (χ1n) is 6.74. The molecule has 2 heterocycles. The molecule has 102 valence electrons. The minimum absolute atomic E-state index is 0.729. The first-order chi connectivity index (χ1) is 9.28. The van der Waals surface area contributed by atoms with Gasteiger partial charge in [0.1, 0.15) is 5.01 Å². The highest BCUT2D eigenvalue weighted by molar-refractivity contribution is 9.11. The molecule has 1 aliphatic carbocycles. The summed E-state index contributed by atoms with van der Waals surface area (Å²) in [5.74, 6) is 0.729. The largest absolute Gasteiger partial charge is 0.312 e. The normalized spacial score (nSPS) is 15.1. The van der Waals surface area contributed by atoms with E-state index in [-0.39, 0.29) is 0 Å². The quantitative estimate of drug-likeness (QED) is 0.735. The molecule has 0 aliphatic heterocycles. The van der Waals surface area contributed by atoms with Crippen LogP contribution in [0.25, 0.3) is 9.88 Å². The number of hydrogen-bond acceptors (Lipinski definition) is 4. The lowest BCUT2D eigenvalue weighted by molar-refractivity contribution is 0.676. The van der Waals surface area contributed by atoms with Crippen molar-refractivity contribution in [2.75, 3.05) is 6.54 Å². The molecule has 0 bridgehead atoms. The molecule has 0 aromatic carbocycles. The van der Waals surface area contributed by atoms with E-state index in [1.165, 1.54) is 43.5 Å². The van der Waals surface area contributed by atoms with Crippen molar-refractivity contribution in [3.8, 4) is 9.88 Å². The molecule has 2 nitrogen and oxygen atoms in total. The minimum atomic E-state index is 0.729. The summed E-state index contributed by atoms with van der Waals surface area (Å²) in [4.78, 5) is 7.62. The summed E-state index contributed by atoms with van der Waals surface area (Å²) in [5.41, 5.74) is 1.35. The number of nitrogens with one attached hydrogen (secondary N) is 1. The highest BCUT2D eigenvalue weighted by Crippen LogP contribution is 2.45. The predicted octanol–water partition coefficient (Wildman–Crippen LogP) is 5.01. The van der Waals surface area contributed by atoms with E-state index in [0.29, 0.717) is 0 Å². The Labute approximate surface area is 130 Å². The van der Waals surface area contributed by atoms with E-state index in [0.717, 1.165) is 19.0 Å². The molecule has 1 N–H and O–H groups in total. The van der Waals surface area contributed by atoms with Gasteiger partial charge in [-0.2, -0.15) is 0 Å². The van der Waals surface area contributed by atoms with Gasteiger partial charge in [-0.15, -0.1) is 22.7 Å². The van der Waals surface area contributed by atoms with Crippen LogP contribution in [0.1, 0.15) is 42.7 Å². The topological polar surface area (TPSA) is 24.9 Å². The summed E-state index contributed by atoms with van der Waals surface area (Å²) in [5, 5.41) is 4.69. The van der Waals surface area contributed by atoms with E-state index >= 15 is 0 Å². The average Bonchev–Trinajstić information content (AvgIpc) is 3.01. The van der Waals surface area contributed by atoms with Crippen LogP contribution < -0.4 is 5.32 Å². The molecule has 1 aliphatic rings. The third-order valence-electron chi connectivity index (χ3n) is 3.19. The molecule has 0 saturated heterocycles. The molecule has 0 unspecified atom stereocenters. The Bertz CT molecular complexity index is 558. The van der Waals surface area contributed by atoms with E-state index in [4.69, 9.17) is 4.98 Å². The number of halogens is 1. The Morgan fingerprint density at radius 3 is 2.84 bits per heavy atom. The van der Waals surface area contributed by atoms with Gasteiger partial charge in [-0.1, -0.05) is 6.92 Å². The van der Waals surface area contributed by atoms with Gasteiger partial charge in [-0.25, -0.2) is 4.98 Å². The minimum Gasteiger partial charge on any atom is -0.312 e. The molecular formula is C14H17BrN2S2. The molecular weight excluding hydrogens is 340 g/mol. The Morgan fingerprint density at radius 1 is 1.37 bits per heavy atom. The lowest BCUT2D eigenvalue weighted by Gasteiger charge is -2.01. The second-order valence-corrected chi connectivity index (χ2v) is 8.43. The van der Waals surface area contributed by atoms with Crippen LogP contribution >= 0.6 is 38.6 Å². The van der Waals surface area contributed by atoms with Gasteiger partial charge >= 0.3 is 0 Å². The Kier molecular flexibility index (Phi) is 4.37. The van der Waals surface area contributed by atoms with Crippen LogP contribution in [0.2, 0.25) is 0 Å². The Hall–Kier alpha value is -0.230. The molecule has 1 fully saturated rings. The molecule has 0 radical (unpaired) electrons. The summed E-state index contributed by atoms with van der Waals surface area (Å²) >= 11 is 7.16. The van der Waals surface area contributed by atoms with Crippen LogP contribution in [0.3, 0.4) is 0 Å². The third-order valence-corrected chi connectivity index (χ3v) is 6.05. The van der Waals surface area contributed by atoms with Crippen LogP contribution in [0.5, 0.6) is 0 Å². The summed E-state index contributed by atoms with van der Waals surface area (Å²) in [6, 6.07) is 4.26. The number of thiophene rings is 1. The van der Waals surface area contributed by atoms with Crippen molar-refractivity contribution >= 4 is 38.6 Å². The van der Waals surface area contributed by atoms with Gasteiger partial charge in [-0.3, -0.25) is 0 Å². The molecule has 2 aromatic heterocycles.